The fourth-order valence-electron chi connectivity index (χ4n) is 3.29. The van der Waals surface area contributed by atoms with Crippen molar-refractivity contribution < 1.29 is 33.2 Å². The number of imide groups is 1. The number of rotatable bonds is 8. The van der Waals surface area contributed by atoms with Gasteiger partial charge < -0.3 is 13.9 Å². The first-order valence-corrected chi connectivity index (χ1v) is 12.4. The third-order valence-corrected chi connectivity index (χ3v) is 6.86. The van der Waals surface area contributed by atoms with E-state index in [0.717, 1.165) is 16.7 Å². The van der Waals surface area contributed by atoms with Crippen molar-refractivity contribution in [3.05, 3.63) is 95.7 Å². The Labute approximate surface area is 227 Å². The molecular weight excluding hydrogens is 592 g/mol. The summed E-state index contributed by atoms with van der Waals surface area (Å²) in [5.74, 6) is -0.608. The van der Waals surface area contributed by atoms with Gasteiger partial charge in [-0.05, 0) is 81.3 Å². The lowest BCUT2D eigenvalue weighted by Crippen LogP contribution is -2.27. The van der Waals surface area contributed by atoms with Crippen LogP contribution >= 0.6 is 39.3 Å². The van der Waals surface area contributed by atoms with Crippen LogP contribution in [0, 0.1) is 10.1 Å². The van der Waals surface area contributed by atoms with Crippen LogP contribution in [0.15, 0.2) is 62.3 Å². The molecule has 1 aromatic heterocycles. The van der Waals surface area contributed by atoms with E-state index in [-0.39, 0.29) is 40.3 Å². The average molecular weight is 608 g/mol. The number of furan rings is 1. The number of ether oxygens (including phenoxy) is 2. The summed E-state index contributed by atoms with van der Waals surface area (Å²) in [5, 5.41) is 10.6. The van der Waals surface area contributed by atoms with E-state index in [9.17, 15) is 24.5 Å². The largest absolute Gasteiger partial charge is 0.486 e. The van der Waals surface area contributed by atoms with Crippen LogP contribution in [0.3, 0.4) is 0 Å². The summed E-state index contributed by atoms with van der Waals surface area (Å²) in [7, 11) is 1.22. The van der Waals surface area contributed by atoms with E-state index in [2.05, 4.69) is 20.7 Å². The molecule has 2 amide bonds. The van der Waals surface area contributed by atoms with Gasteiger partial charge in [-0.15, -0.1) is 0 Å². The maximum absolute atomic E-state index is 12.9. The number of benzene rings is 2. The third kappa shape index (κ3) is 6.04. The predicted octanol–water partition coefficient (Wildman–Crippen LogP) is 6.21. The smallest absolute Gasteiger partial charge is 0.373 e. The Bertz CT molecular complexity index is 1410. The fraction of sp³-hybridized carbons (Fsp3) is 0.125. The Hall–Kier alpha value is -3.61. The Balaban J connectivity index is 1.45. The highest BCUT2D eigenvalue weighted by molar-refractivity contribution is 9.10. The fourth-order valence-corrected chi connectivity index (χ4v) is 5.11. The first-order valence-electron chi connectivity index (χ1n) is 10.4. The second-order valence-electron chi connectivity index (χ2n) is 7.55. The molecule has 0 bridgehead atoms. The minimum Gasteiger partial charge on any atom is -0.486 e. The number of amides is 2. The molecule has 1 fully saturated rings. The van der Waals surface area contributed by atoms with Crippen molar-refractivity contribution in [2.75, 3.05) is 7.11 Å². The highest BCUT2D eigenvalue weighted by Gasteiger charge is 2.36. The molecule has 2 heterocycles. The maximum atomic E-state index is 12.9. The molecule has 1 aliphatic heterocycles. The molecule has 0 radical (unpaired) electrons. The molecule has 0 N–H and O–H groups in total. The molecule has 2 aromatic carbocycles. The van der Waals surface area contributed by atoms with Gasteiger partial charge in [0.2, 0.25) is 5.76 Å². The van der Waals surface area contributed by atoms with Crippen LogP contribution in [0.5, 0.6) is 5.75 Å². The van der Waals surface area contributed by atoms with Crippen molar-refractivity contribution >= 4 is 68.2 Å². The summed E-state index contributed by atoms with van der Waals surface area (Å²) in [5.41, 5.74) is 1.24. The van der Waals surface area contributed by atoms with Crippen LogP contribution in [0.4, 0.5) is 10.5 Å². The van der Waals surface area contributed by atoms with Gasteiger partial charge >= 0.3 is 5.97 Å². The number of thioether (sulfide) groups is 1. The van der Waals surface area contributed by atoms with E-state index in [0.29, 0.717) is 21.3 Å². The topological polar surface area (TPSA) is 129 Å². The molecule has 1 saturated heterocycles. The molecule has 1 aliphatic rings. The third-order valence-electron chi connectivity index (χ3n) is 5.08. The SMILES string of the molecule is COC(=O)c1ccc(CN2C(=O)S/C(=C/c3cc(Cl)c(OCc4ccc([N+](=O)[O-])cc4)c(Br)c3)C2=O)o1. The molecular formula is C24H16BrClN2O8S. The quantitative estimate of drug-likeness (QED) is 0.127. The van der Waals surface area contributed by atoms with Crippen molar-refractivity contribution in [2.24, 2.45) is 0 Å². The van der Waals surface area contributed by atoms with Crippen LogP contribution in [-0.4, -0.2) is 34.0 Å². The van der Waals surface area contributed by atoms with Crippen LogP contribution in [0.25, 0.3) is 6.08 Å². The van der Waals surface area contributed by atoms with Gasteiger partial charge in [0.05, 0.1) is 33.0 Å². The first kappa shape index (κ1) is 26.5. The van der Waals surface area contributed by atoms with E-state index in [1.165, 1.54) is 37.5 Å². The van der Waals surface area contributed by atoms with Crippen LogP contribution in [-0.2, 0) is 22.7 Å². The van der Waals surface area contributed by atoms with Crippen LogP contribution in [0.2, 0.25) is 5.02 Å². The zero-order chi connectivity index (χ0) is 26.7. The van der Waals surface area contributed by atoms with Gasteiger partial charge in [0.15, 0.2) is 5.75 Å². The van der Waals surface area contributed by atoms with E-state index in [1.807, 2.05) is 0 Å². The molecule has 4 rings (SSSR count). The van der Waals surface area contributed by atoms with Crippen molar-refractivity contribution in [3.63, 3.8) is 0 Å². The zero-order valence-corrected chi connectivity index (χ0v) is 22.1. The van der Waals surface area contributed by atoms with E-state index in [4.69, 9.17) is 20.8 Å². The van der Waals surface area contributed by atoms with E-state index < -0.39 is 22.0 Å². The molecule has 0 spiro atoms. The molecule has 37 heavy (non-hydrogen) atoms. The van der Waals surface area contributed by atoms with Crippen molar-refractivity contribution in [2.45, 2.75) is 13.2 Å². The molecule has 13 heteroatoms. The second-order valence-corrected chi connectivity index (χ2v) is 9.81. The molecule has 0 saturated carbocycles. The molecule has 0 unspecified atom stereocenters. The minimum atomic E-state index is -0.664. The summed E-state index contributed by atoms with van der Waals surface area (Å²) >= 11 is 10.6. The average Bonchev–Trinajstić information content (AvgIpc) is 3.43. The number of nitro benzene ring substituents is 1. The van der Waals surface area contributed by atoms with Gasteiger partial charge in [0.1, 0.15) is 12.4 Å². The number of halogens is 2. The first-order chi connectivity index (χ1) is 17.7. The number of nitrogens with zero attached hydrogens (tertiary/aromatic N) is 2. The van der Waals surface area contributed by atoms with E-state index >= 15 is 0 Å². The number of esters is 1. The number of non-ortho nitro benzene ring substituents is 1. The van der Waals surface area contributed by atoms with Gasteiger partial charge in [-0.2, -0.15) is 0 Å². The van der Waals surface area contributed by atoms with Crippen LogP contribution < -0.4 is 4.74 Å². The second kappa shape index (κ2) is 11.2. The molecule has 3 aromatic rings. The molecule has 0 aliphatic carbocycles. The monoisotopic (exact) mass is 606 g/mol. The van der Waals surface area contributed by atoms with Gasteiger partial charge in [0.25, 0.3) is 16.8 Å². The lowest BCUT2D eigenvalue weighted by Gasteiger charge is -2.12. The molecule has 190 valence electrons. The Morgan fingerprint density at radius 1 is 1.22 bits per heavy atom. The highest BCUT2D eigenvalue weighted by atomic mass is 79.9. The number of methoxy groups -OCH3 is 1. The van der Waals surface area contributed by atoms with Gasteiger partial charge in [-0.25, -0.2) is 4.79 Å². The number of hydrogen-bond acceptors (Lipinski definition) is 9. The summed E-state index contributed by atoms with van der Waals surface area (Å²) in [6, 6.07) is 12.1. The van der Waals surface area contributed by atoms with E-state index in [1.54, 1.807) is 24.3 Å². The maximum Gasteiger partial charge on any atom is 0.373 e. The van der Waals surface area contributed by atoms with Crippen molar-refractivity contribution in [3.8, 4) is 5.75 Å². The number of hydrogen-bond donors (Lipinski definition) is 0. The van der Waals surface area contributed by atoms with Crippen molar-refractivity contribution in [1.29, 1.82) is 0 Å². The molecule has 10 nitrogen and oxygen atoms in total. The minimum absolute atomic E-state index is 0.0214. The Morgan fingerprint density at radius 3 is 2.59 bits per heavy atom. The van der Waals surface area contributed by atoms with Crippen molar-refractivity contribution in [1.82, 2.24) is 4.90 Å². The summed E-state index contributed by atoms with van der Waals surface area (Å²) < 4.78 is 16.2. The van der Waals surface area contributed by atoms with Gasteiger partial charge in [0, 0.05) is 12.1 Å². The summed E-state index contributed by atoms with van der Waals surface area (Å²) in [4.78, 5) is 48.4. The number of nitro groups is 1. The Kier molecular flexibility index (Phi) is 8.00. The lowest BCUT2D eigenvalue weighted by molar-refractivity contribution is -0.384. The molecule has 0 atom stereocenters. The van der Waals surface area contributed by atoms with Crippen LogP contribution in [0.1, 0.15) is 27.4 Å². The Morgan fingerprint density at radius 2 is 1.95 bits per heavy atom. The summed E-state index contributed by atoms with van der Waals surface area (Å²) in [6.45, 7) is -0.0160. The number of carbonyl (C=O) groups excluding carboxylic acids is 3. The predicted molar refractivity (Wildman–Crippen MR) is 138 cm³/mol. The zero-order valence-electron chi connectivity index (χ0n) is 18.9. The highest BCUT2D eigenvalue weighted by Crippen LogP contribution is 2.38. The van der Waals surface area contributed by atoms with Gasteiger partial charge in [-0.1, -0.05) is 11.6 Å². The number of carbonyl (C=O) groups is 3. The normalized spacial score (nSPS) is 14.4. The van der Waals surface area contributed by atoms with Gasteiger partial charge in [-0.3, -0.25) is 24.6 Å². The summed E-state index contributed by atoms with van der Waals surface area (Å²) in [6.07, 6.45) is 1.53. The standard InChI is InChI=1S/C24H16BrClN2O8S/c1-34-23(30)19-7-6-16(36-19)11-27-22(29)20(37-24(27)31)10-14-8-17(25)21(18(26)9-14)35-12-13-2-4-15(5-3-13)28(32)33/h2-10H,11-12H2,1H3/b20-10+. The lowest BCUT2D eigenvalue weighted by atomic mass is 10.2.